The molecule has 6 heteroatoms. The molecule has 144 valence electrons. The van der Waals surface area contributed by atoms with E-state index >= 15 is 0 Å². The van der Waals surface area contributed by atoms with Crippen molar-refractivity contribution < 1.29 is 14.3 Å². The van der Waals surface area contributed by atoms with Crippen LogP contribution in [0.3, 0.4) is 0 Å². The lowest BCUT2D eigenvalue weighted by molar-refractivity contribution is -0.134. The third-order valence-electron chi connectivity index (χ3n) is 4.29. The quantitative estimate of drug-likeness (QED) is 0.747. The molecule has 0 saturated carbocycles. The first-order valence-electron chi connectivity index (χ1n) is 8.94. The van der Waals surface area contributed by atoms with Crippen LogP contribution in [0.1, 0.15) is 19.4 Å². The molecule has 27 heavy (non-hydrogen) atoms. The van der Waals surface area contributed by atoms with Crippen LogP contribution in [0, 0.1) is 0 Å². The molecule has 3 N–H and O–H groups in total. The molecule has 0 atom stereocenters. The molecule has 0 saturated heterocycles. The Morgan fingerprint density at radius 3 is 2.37 bits per heavy atom. The fraction of sp³-hybridized carbons (Fsp3) is 0.333. The molecule has 0 bridgehead atoms. The SMILES string of the molecule is COc1ccccc1-c1ccc(CN(C(=O)CNC(=O)CN)C(C)C)cc1. The Balaban J connectivity index is 2.10. The highest BCUT2D eigenvalue weighted by atomic mass is 16.5. The first-order chi connectivity index (χ1) is 13.0. The Morgan fingerprint density at radius 1 is 1.11 bits per heavy atom. The molecule has 0 spiro atoms. The van der Waals surface area contributed by atoms with Crippen molar-refractivity contribution in [3.63, 3.8) is 0 Å². The number of ether oxygens (including phenoxy) is 1. The number of hydrogen-bond acceptors (Lipinski definition) is 4. The molecular formula is C21H27N3O3. The maximum atomic E-state index is 12.4. The molecule has 0 aliphatic carbocycles. The molecule has 0 unspecified atom stereocenters. The van der Waals surface area contributed by atoms with Gasteiger partial charge in [0.1, 0.15) is 5.75 Å². The summed E-state index contributed by atoms with van der Waals surface area (Å²) >= 11 is 0. The summed E-state index contributed by atoms with van der Waals surface area (Å²) < 4.78 is 5.42. The molecule has 0 fully saturated rings. The van der Waals surface area contributed by atoms with Crippen LogP contribution in [0.2, 0.25) is 0 Å². The molecule has 2 amide bonds. The summed E-state index contributed by atoms with van der Waals surface area (Å²) in [6.07, 6.45) is 0. The van der Waals surface area contributed by atoms with Crippen LogP contribution >= 0.6 is 0 Å². The zero-order valence-electron chi connectivity index (χ0n) is 16.1. The maximum Gasteiger partial charge on any atom is 0.242 e. The van der Waals surface area contributed by atoms with Gasteiger partial charge in [0, 0.05) is 18.2 Å². The van der Waals surface area contributed by atoms with Crippen LogP contribution in [0.25, 0.3) is 11.1 Å². The van der Waals surface area contributed by atoms with Gasteiger partial charge < -0.3 is 20.7 Å². The standard InChI is InChI=1S/C21H27N3O3/c1-15(2)24(21(26)13-23-20(25)12-22)14-16-8-10-17(11-9-16)18-6-4-5-7-19(18)27-3/h4-11,15H,12-14,22H2,1-3H3,(H,23,25). The predicted octanol–water partition coefficient (Wildman–Crippen LogP) is 2.17. The number of methoxy groups -OCH3 is 1. The highest BCUT2D eigenvalue weighted by Gasteiger charge is 2.18. The van der Waals surface area contributed by atoms with Gasteiger partial charge in [-0.1, -0.05) is 42.5 Å². The van der Waals surface area contributed by atoms with Crippen molar-refractivity contribution in [1.29, 1.82) is 0 Å². The molecule has 0 aliphatic rings. The van der Waals surface area contributed by atoms with E-state index in [2.05, 4.69) is 5.32 Å². The minimum Gasteiger partial charge on any atom is -0.496 e. The van der Waals surface area contributed by atoms with Crippen molar-refractivity contribution in [3.05, 3.63) is 54.1 Å². The molecule has 2 aromatic rings. The van der Waals surface area contributed by atoms with Crippen LogP contribution < -0.4 is 15.8 Å². The van der Waals surface area contributed by atoms with E-state index in [9.17, 15) is 9.59 Å². The van der Waals surface area contributed by atoms with Gasteiger partial charge in [-0.25, -0.2) is 0 Å². The second kappa shape index (κ2) is 9.73. The zero-order valence-corrected chi connectivity index (χ0v) is 16.1. The highest BCUT2D eigenvalue weighted by Crippen LogP contribution is 2.29. The molecule has 6 nitrogen and oxygen atoms in total. The number of nitrogens with one attached hydrogen (secondary N) is 1. The second-order valence-corrected chi connectivity index (χ2v) is 6.49. The van der Waals surface area contributed by atoms with E-state index in [4.69, 9.17) is 10.5 Å². The van der Waals surface area contributed by atoms with Gasteiger partial charge in [-0.2, -0.15) is 0 Å². The zero-order chi connectivity index (χ0) is 19.8. The van der Waals surface area contributed by atoms with Crippen LogP contribution in [0.5, 0.6) is 5.75 Å². The second-order valence-electron chi connectivity index (χ2n) is 6.49. The molecular weight excluding hydrogens is 342 g/mol. The van der Waals surface area contributed by atoms with Gasteiger partial charge >= 0.3 is 0 Å². The van der Waals surface area contributed by atoms with Crippen molar-refractivity contribution >= 4 is 11.8 Å². The van der Waals surface area contributed by atoms with E-state index < -0.39 is 0 Å². The van der Waals surface area contributed by atoms with Crippen molar-refractivity contribution in [3.8, 4) is 16.9 Å². The van der Waals surface area contributed by atoms with Gasteiger partial charge in [-0.05, 0) is 31.0 Å². The van der Waals surface area contributed by atoms with Gasteiger partial charge in [0.25, 0.3) is 0 Å². The Bertz CT molecular complexity index is 772. The van der Waals surface area contributed by atoms with Crippen LogP contribution in [-0.2, 0) is 16.1 Å². The minimum atomic E-state index is -0.340. The van der Waals surface area contributed by atoms with E-state index in [1.165, 1.54) is 0 Å². The summed E-state index contributed by atoms with van der Waals surface area (Å²) in [6.45, 7) is 4.20. The number of hydrogen-bond donors (Lipinski definition) is 2. The fourth-order valence-electron chi connectivity index (χ4n) is 2.78. The van der Waals surface area contributed by atoms with Gasteiger partial charge in [0.15, 0.2) is 0 Å². The number of nitrogens with zero attached hydrogens (tertiary/aromatic N) is 1. The molecule has 0 heterocycles. The minimum absolute atomic E-state index is 0.0150. The molecule has 0 radical (unpaired) electrons. The van der Waals surface area contributed by atoms with Gasteiger partial charge in [0.05, 0.1) is 20.2 Å². The lowest BCUT2D eigenvalue weighted by Gasteiger charge is -2.27. The molecule has 0 aromatic heterocycles. The third kappa shape index (κ3) is 5.56. The summed E-state index contributed by atoms with van der Waals surface area (Å²) in [7, 11) is 1.66. The molecule has 0 aliphatic heterocycles. The number of para-hydroxylation sites is 1. The normalized spacial score (nSPS) is 10.6. The number of carbonyl (C=O) groups is 2. The first-order valence-corrected chi connectivity index (χ1v) is 8.94. The average molecular weight is 369 g/mol. The van der Waals surface area contributed by atoms with E-state index in [0.717, 1.165) is 22.4 Å². The van der Waals surface area contributed by atoms with Crippen LogP contribution in [0.4, 0.5) is 0 Å². The number of rotatable bonds is 8. The third-order valence-corrected chi connectivity index (χ3v) is 4.29. The summed E-state index contributed by atoms with van der Waals surface area (Å²) in [5, 5.41) is 2.53. The Kier molecular flexibility index (Phi) is 7.37. The number of carbonyl (C=O) groups excluding carboxylic acids is 2. The van der Waals surface area contributed by atoms with Crippen LogP contribution in [-0.4, -0.2) is 43.0 Å². The lowest BCUT2D eigenvalue weighted by Crippen LogP contribution is -2.44. The summed E-state index contributed by atoms with van der Waals surface area (Å²) in [5.74, 6) is 0.341. The monoisotopic (exact) mass is 369 g/mol. The van der Waals surface area contributed by atoms with E-state index in [1.807, 2.05) is 62.4 Å². The fourth-order valence-corrected chi connectivity index (χ4v) is 2.78. The number of nitrogens with two attached hydrogens (primary N) is 1. The van der Waals surface area contributed by atoms with Crippen molar-refractivity contribution in [2.75, 3.05) is 20.2 Å². The Hall–Kier alpha value is -2.86. The molecule has 2 aromatic carbocycles. The summed E-state index contributed by atoms with van der Waals surface area (Å²) in [4.78, 5) is 25.4. The van der Waals surface area contributed by atoms with Gasteiger partial charge in [-0.3, -0.25) is 9.59 Å². The Labute approximate surface area is 160 Å². The van der Waals surface area contributed by atoms with E-state index in [-0.39, 0.29) is 30.9 Å². The first kappa shape index (κ1) is 20.5. The topological polar surface area (TPSA) is 84.7 Å². The number of amides is 2. The van der Waals surface area contributed by atoms with E-state index in [0.29, 0.717) is 6.54 Å². The largest absolute Gasteiger partial charge is 0.496 e. The maximum absolute atomic E-state index is 12.4. The summed E-state index contributed by atoms with van der Waals surface area (Å²) in [5.41, 5.74) is 8.34. The predicted molar refractivity (Wildman–Crippen MR) is 106 cm³/mol. The van der Waals surface area contributed by atoms with Gasteiger partial charge in [0.2, 0.25) is 11.8 Å². The van der Waals surface area contributed by atoms with Crippen molar-refractivity contribution in [2.24, 2.45) is 5.73 Å². The average Bonchev–Trinajstić information content (AvgIpc) is 2.70. The van der Waals surface area contributed by atoms with Crippen molar-refractivity contribution in [2.45, 2.75) is 26.4 Å². The Morgan fingerprint density at radius 2 is 1.78 bits per heavy atom. The van der Waals surface area contributed by atoms with E-state index in [1.54, 1.807) is 12.0 Å². The smallest absolute Gasteiger partial charge is 0.242 e. The highest BCUT2D eigenvalue weighted by molar-refractivity contribution is 5.85. The van der Waals surface area contributed by atoms with Crippen LogP contribution in [0.15, 0.2) is 48.5 Å². The van der Waals surface area contributed by atoms with Gasteiger partial charge in [-0.15, -0.1) is 0 Å². The van der Waals surface area contributed by atoms with Crippen molar-refractivity contribution in [1.82, 2.24) is 10.2 Å². The molecule has 2 rings (SSSR count). The lowest BCUT2D eigenvalue weighted by atomic mass is 10.0. The number of benzene rings is 2. The summed E-state index contributed by atoms with van der Waals surface area (Å²) in [6, 6.07) is 15.9.